The first kappa shape index (κ1) is 18.5. The van der Waals surface area contributed by atoms with Gasteiger partial charge in [-0.3, -0.25) is 9.48 Å². The Morgan fingerprint density at radius 3 is 3.00 bits per heavy atom. The second-order valence-electron chi connectivity index (χ2n) is 7.64. The summed E-state index contributed by atoms with van der Waals surface area (Å²) in [6.07, 6.45) is 7.16. The number of fused-ring (bicyclic) bond motifs is 3. The lowest BCUT2D eigenvalue weighted by Gasteiger charge is -2.36. The summed E-state index contributed by atoms with van der Waals surface area (Å²) in [6, 6.07) is 6.57. The highest BCUT2D eigenvalue weighted by atomic mass is 19.1. The van der Waals surface area contributed by atoms with Crippen LogP contribution in [0.25, 0.3) is 0 Å². The van der Waals surface area contributed by atoms with E-state index < -0.39 is 0 Å². The fourth-order valence-electron chi connectivity index (χ4n) is 4.09. The van der Waals surface area contributed by atoms with Crippen LogP contribution in [-0.2, 0) is 17.9 Å². The Labute approximate surface area is 173 Å². The van der Waals surface area contributed by atoms with E-state index in [1.54, 1.807) is 41.2 Å². The van der Waals surface area contributed by atoms with Crippen molar-refractivity contribution in [3.63, 3.8) is 0 Å². The molecule has 1 unspecified atom stereocenters. The summed E-state index contributed by atoms with van der Waals surface area (Å²) in [6.45, 7) is 1.70. The highest BCUT2D eigenvalue weighted by Gasteiger charge is 2.40. The number of aromatic nitrogens is 4. The van der Waals surface area contributed by atoms with Gasteiger partial charge in [0.05, 0.1) is 18.9 Å². The van der Waals surface area contributed by atoms with Gasteiger partial charge >= 0.3 is 0 Å². The molecule has 154 valence electrons. The van der Waals surface area contributed by atoms with Crippen LogP contribution < -0.4 is 15.1 Å². The fraction of sp³-hybridized carbons (Fsp3) is 0.333. The summed E-state index contributed by atoms with van der Waals surface area (Å²) < 4.78 is 15.5. The highest BCUT2D eigenvalue weighted by Crippen LogP contribution is 2.37. The molecule has 8 nitrogen and oxygen atoms in total. The number of hydrogen-bond donors (Lipinski definition) is 1. The number of nitrogens with zero attached hydrogens (tertiary/aromatic N) is 6. The largest absolute Gasteiger partial charge is 0.350 e. The van der Waals surface area contributed by atoms with Crippen LogP contribution in [0.5, 0.6) is 0 Å². The van der Waals surface area contributed by atoms with E-state index in [1.807, 2.05) is 12.3 Å². The van der Waals surface area contributed by atoms with Crippen LogP contribution >= 0.6 is 0 Å². The summed E-state index contributed by atoms with van der Waals surface area (Å²) in [5.74, 6) is 1.17. The number of anilines is 3. The molecule has 0 saturated carbocycles. The van der Waals surface area contributed by atoms with Gasteiger partial charge in [0.25, 0.3) is 0 Å². The van der Waals surface area contributed by atoms with Gasteiger partial charge in [0, 0.05) is 37.5 Å². The molecule has 1 amide bonds. The van der Waals surface area contributed by atoms with Crippen molar-refractivity contribution in [2.75, 3.05) is 28.7 Å². The summed E-state index contributed by atoms with van der Waals surface area (Å²) in [7, 11) is 1.78. The lowest BCUT2D eigenvalue weighted by Crippen LogP contribution is -2.49. The van der Waals surface area contributed by atoms with Gasteiger partial charge in [0.15, 0.2) is 5.82 Å². The topological polar surface area (TPSA) is 79.2 Å². The van der Waals surface area contributed by atoms with Crippen LogP contribution in [0.3, 0.4) is 0 Å². The molecule has 0 bridgehead atoms. The molecule has 4 heterocycles. The Hall–Kier alpha value is -3.49. The lowest BCUT2D eigenvalue weighted by molar-refractivity contribution is -0.119. The van der Waals surface area contributed by atoms with Gasteiger partial charge in [-0.1, -0.05) is 18.2 Å². The number of amides is 1. The van der Waals surface area contributed by atoms with Crippen molar-refractivity contribution in [1.82, 2.24) is 19.7 Å². The van der Waals surface area contributed by atoms with E-state index in [9.17, 15) is 9.18 Å². The minimum absolute atomic E-state index is 0.103. The molecule has 0 spiro atoms. The monoisotopic (exact) mass is 407 g/mol. The third kappa shape index (κ3) is 3.26. The number of benzene rings is 1. The second-order valence-corrected chi connectivity index (χ2v) is 7.64. The Morgan fingerprint density at radius 1 is 1.27 bits per heavy atom. The second kappa shape index (κ2) is 7.40. The van der Waals surface area contributed by atoms with Crippen molar-refractivity contribution in [3.05, 3.63) is 59.8 Å². The first-order chi connectivity index (χ1) is 14.6. The Balaban J connectivity index is 1.29. The number of rotatable bonds is 5. The predicted octanol–water partition coefficient (Wildman–Crippen LogP) is 2.42. The van der Waals surface area contributed by atoms with Gasteiger partial charge in [-0.05, 0) is 18.9 Å². The van der Waals surface area contributed by atoms with Crippen molar-refractivity contribution >= 4 is 23.4 Å². The Bertz CT molecular complexity index is 1100. The number of carbonyl (C=O) groups excluding carboxylic acids is 1. The summed E-state index contributed by atoms with van der Waals surface area (Å²) in [5.41, 5.74) is 2.28. The van der Waals surface area contributed by atoms with Gasteiger partial charge < -0.3 is 15.1 Å². The molecule has 30 heavy (non-hydrogen) atoms. The van der Waals surface area contributed by atoms with E-state index in [0.29, 0.717) is 24.6 Å². The third-order valence-corrected chi connectivity index (χ3v) is 5.68. The number of halogens is 1. The zero-order chi connectivity index (χ0) is 20.7. The minimum atomic E-state index is -0.237. The molecule has 1 fully saturated rings. The van der Waals surface area contributed by atoms with Crippen LogP contribution in [0.4, 0.5) is 21.8 Å². The molecule has 1 atom stereocenters. The van der Waals surface area contributed by atoms with Gasteiger partial charge in [0.1, 0.15) is 17.5 Å². The first-order valence-corrected chi connectivity index (χ1v) is 10.00. The molecule has 1 N–H and O–H groups in total. The molecule has 0 aliphatic carbocycles. The Morgan fingerprint density at radius 2 is 2.13 bits per heavy atom. The standard InChI is InChI=1S/C21H22FN7O/c1-27-18-11-24-21(26-19(18)29-8-4-7-17(29)20(27)30)23-9-14-10-25-28(12-14)13-15-5-2-3-6-16(15)22/h2-3,5-6,10-12,17H,4,7-9,13H2,1H3,(H,23,24,26). The van der Waals surface area contributed by atoms with E-state index in [4.69, 9.17) is 0 Å². The van der Waals surface area contributed by atoms with E-state index in [0.717, 1.165) is 36.5 Å². The molecular weight excluding hydrogens is 385 g/mol. The predicted molar refractivity (Wildman–Crippen MR) is 111 cm³/mol. The summed E-state index contributed by atoms with van der Waals surface area (Å²) in [4.78, 5) is 25.3. The zero-order valence-electron chi connectivity index (χ0n) is 16.6. The quantitative estimate of drug-likeness (QED) is 0.700. The number of hydrogen-bond acceptors (Lipinski definition) is 6. The molecule has 1 aromatic carbocycles. The number of carbonyl (C=O) groups is 1. The van der Waals surface area contributed by atoms with Gasteiger partial charge in [-0.2, -0.15) is 10.1 Å². The SMILES string of the molecule is CN1C(=O)C2CCCN2c2nc(NCc3cnn(Cc4ccccc4F)c3)ncc21. The number of nitrogens with one attached hydrogen (secondary N) is 1. The van der Waals surface area contributed by atoms with Crippen molar-refractivity contribution < 1.29 is 9.18 Å². The van der Waals surface area contributed by atoms with Crippen molar-refractivity contribution in [2.24, 2.45) is 0 Å². The maximum Gasteiger partial charge on any atom is 0.249 e. The number of likely N-dealkylation sites (N-methyl/N-ethyl adjacent to an activating group) is 1. The van der Waals surface area contributed by atoms with Crippen LogP contribution in [0, 0.1) is 5.82 Å². The third-order valence-electron chi connectivity index (χ3n) is 5.68. The Kier molecular flexibility index (Phi) is 4.57. The lowest BCUT2D eigenvalue weighted by atomic mass is 10.1. The normalized spacial score (nSPS) is 17.8. The van der Waals surface area contributed by atoms with Crippen LogP contribution in [0.2, 0.25) is 0 Å². The van der Waals surface area contributed by atoms with Crippen LogP contribution in [0.1, 0.15) is 24.0 Å². The van der Waals surface area contributed by atoms with E-state index in [2.05, 4.69) is 25.3 Å². The van der Waals surface area contributed by atoms with Gasteiger partial charge in [-0.15, -0.1) is 0 Å². The summed E-state index contributed by atoms with van der Waals surface area (Å²) in [5, 5.41) is 7.54. The van der Waals surface area contributed by atoms with E-state index in [1.165, 1.54) is 6.07 Å². The summed E-state index contributed by atoms with van der Waals surface area (Å²) >= 11 is 0. The minimum Gasteiger partial charge on any atom is -0.350 e. The van der Waals surface area contributed by atoms with E-state index in [-0.39, 0.29) is 17.8 Å². The average molecular weight is 407 g/mol. The van der Waals surface area contributed by atoms with Gasteiger partial charge in [-0.25, -0.2) is 9.37 Å². The molecule has 2 aliphatic heterocycles. The molecular formula is C21H22FN7O. The molecule has 5 rings (SSSR count). The highest BCUT2D eigenvalue weighted by molar-refractivity contribution is 6.04. The molecule has 3 aromatic rings. The first-order valence-electron chi connectivity index (χ1n) is 10.00. The van der Waals surface area contributed by atoms with E-state index >= 15 is 0 Å². The smallest absolute Gasteiger partial charge is 0.249 e. The van der Waals surface area contributed by atoms with Crippen molar-refractivity contribution in [3.8, 4) is 0 Å². The average Bonchev–Trinajstić information content (AvgIpc) is 3.42. The molecule has 2 aromatic heterocycles. The molecule has 2 aliphatic rings. The zero-order valence-corrected chi connectivity index (χ0v) is 16.6. The van der Waals surface area contributed by atoms with Crippen molar-refractivity contribution in [1.29, 1.82) is 0 Å². The molecule has 9 heteroatoms. The maximum absolute atomic E-state index is 13.8. The fourth-order valence-corrected chi connectivity index (χ4v) is 4.09. The van der Waals surface area contributed by atoms with Crippen molar-refractivity contribution in [2.45, 2.75) is 32.0 Å². The van der Waals surface area contributed by atoms with Crippen LogP contribution in [-0.4, -0.2) is 45.3 Å². The van der Waals surface area contributed by atoms with Gasteiger partial charge in [0.2, 0.25) is 11.9 Å². The molecule has 0 radical (unpaired) electrons. The maximum atomic E-state index is 13.8. The van der Waals surface area contributed by atoms with Crippen LogP contribution in [0.15, 0.2) is 42.9 Å². The molecule has 1 saturated heterocycles.